The fourth-order valence-electron chi connectivity index (χ4n) is 3.43. The predicted octanol–water partition coefficient (Wildman–Crippen LogP) is 4.76. The molecule has 1 aliphatic rings. The van der Waals surface area contributed by atoms with Crippen molar-refractivity contribution in [1.29, 1.82) is 0 Å². The first-order valence-corrected chi connectivity index (χ1v) is 10.8. The molecule has 0 aliphatic carbocycles. The highest BCUT2D eigenvalue weighted by Gasteiger charge is 2.32. The molecule has 0 saturated carbocycles. The van der Waals surface area contributed by atoms with E-state index in [4.69, 9.17) is 26.6 Å². The zero-order valence-corrected chi connectivity index (χ0v) is 18.4. The van der Waals surface area contributed by atoms with Crippen molar-refractivity contribution in [1.82, 2.24) is 4.90 Å². The Kier molecular flexibility index (Phi) is 7.68. The van der Waals surface area contributed by atoms with Gasteiger partial charge in [-0.15, -0.1) is 11.3 Å². The number of fused-ring (bicyclic) bond motifs is 1. The molecular weight excluding hydrogens is 438 g/mol. The number of hydrogen-bond donors (Lipinski definition) is 2. The van der Waals surface area contributed by atoms with E-state index in [0.717, 1.165) is 25.1 Å². The van der Waals surface area contributed by atoms with E-state index in [2.05, 4.69) is 16.3 Å². The molecule has 2 heterocycles. The third kappa shape index (κ3) is 5.44. The maximum absolute atomic E-state index is 12.3. The maximum Gasteiger partial charge on any atom is 0.339 e. The van der Waals surface area contributed by atoms with Crippen LogP contribution in [0.2, 0.25) is 5.02 Å². The van der Waals surface area contributed by atoms with Crippen LogP contribution in [0, 0.1) is 0 Å². The van der Waals surface area contributed by atoms with Crippen LogP contribution in [-0.2, 0) is 22.5 Å². The van der Waals surface area contributed by atoms with Gasteiger partial charge in [0.25, 0.3) is 0 Å². The number of methoxy groups -OCH3 is 1. The number of benzene rings is 2. The highest BCUT2D eigenvalue weighted by molar-refractivity contribution is 7.10. The van der Waals surface area contributed by atoms with Crippen molar-refractivity contribution < 1.29 is 24.5 Å². The fourth-order valence-corrected chi connectivity index (χ4v) is 4.56. The molecule has 0 fully saturated rings. The molecule has 1 aromatic heterocycles. The Hall–Kier alpha value is -2.87. The monoisotopic (exact) mass is 459 g/mol. The Morgan fingerprint density at radius 3 is 2.48 bits per heavy atom. The van der Waals surface area contributed by atoms with Crippen molar-refractivity contribution in [2.75, 3.05) is 13.7 Å². The largest absolute Gasteiger partial charge is 0.507 e. The molecule has 6 nitrogen and oxygen atoms in total. The fraction of sp³-hybridized carbons (Fsp3) is 0.217. The second kappa shape index (κ2) is 10.4. The summed E-state index contributed by atoms with van der Waals surface area (Å²) in [5.74, 6) is -1.57. The molecule has 2 N–H and O–H groups in total. The summed E-state index contributed by atoms with van der Waals surface area (Å²) in [6.45, 7) is 1.59. The van der Waals surface area contributed by atoms with E-state index < -0.39 is 12.0 Å². The number of thiophene rings is 1. The Morgan fingerprint density at radius 2 is 1.84 bits per heavy atom. The Balaban J connectivity index is 0.000000229. The molecule has 8 heteroatoms. The van der Waals surface area contributed by atoms with Gasteiger partial charge in [-0.25, -0.2) is 9.59 Å². The molecule has 4 rings (SSSR count). The number of halogens is 1. The Morgan fingerprint density at radius 1 is 1.13 bits per heavy atom. The van der Waals surface area contributed by atoms with Crippen LogP contribution in [0.25, 0.3) is 0 Å². The molecular formula is C23H22ClNO5S. The number of aromatic carboxylic acids is 1. The van der Waals surface area contributed by atoms with Crippen molar-refractivity contribution in [2.24, 2.45) is 0 Å². The average Bonchev–Trinajstić information content (AvgIpc) is 3.24. The van der Waals surface area contributed by atoms with Gasteiger partial charge in [0.15, 0.2) is 0 Å². The minimum Gasteiger partial charge on any atom is -0.507 e. The number of rotatable bonds is 4. The molecule has 0 bridgehead atoms. The number of carbonyl (C=O) groups excluding carboxylic acids is 1. The number of nitrogens with zero attached hydrogens (tertiary/aromatic N) is 1. The van der Waals surface area contributed by atoms with E-state index in [1.165, 1.54) is 29.7 Å². The molecule has 1 atom stereocenters. The van der Waals surface area contributed by atoms with E-state index in [9.17, 15) is 9.59 Å². The zero-order valence-electron chi connectivity index (χ0n) is 16.8. The lowest BCUT2D eigenvalue weighted by Crippen LogP contribution is -2.38. The number of esters is 1. The van der Waals surface area contributed by atoms with Crippen molar-refractivity contribution in [3.05, 3.63) is 86.6 Å². The first-order valence-electron chi connectivity index (χ1n) is 9.55. The van der Waals surface area contributed by atoms with Crippen LogP contribution in [0.15, 0.2) is 60.0 Å². The molecule has 2 aromatic carbocycles. The number of carboxylic acids is 1. The Labute approximate surface area is 189 Å². The van der Waals surface area contributed by atoms with E-state index >= 15 is 0 Å². The van der Waals surface area contributed by atoms with E-state index in [0.29, 0.717) is 5.02 Å². The molecule has 162 valence electrons. The molecule has 31 heavy (non-hydrogen) atoms. The van der Waals surface area contributed by atoms with Crippen LogP contribution in [0.3, 0.4) is 0 Å². The summed E-state index contributed by atoms with van der Waals surface area (Å²) in [7, 11) is 1.42. The molecule has 0 spiro atoms. The lowest BCUT2D eigenvalue weighted by Gasteiger charge is -2.33. The first kappa shape index (κ1) is 22.8. The van der Waals surface area contributed by atoms with Crippen LogP contribution in [0.1, 0.15) is 32.4 Å². The summed E-state index contributed by atoms with van der Waals surface area (Å²) in [6.07, 6.45) is 0.963. The third-order valence-electron chi connectivity index (χ3n) is 4.96. The standard InChI is InChI=1S/C16H16ClNO2S.C7H6O3/c1-20-16(19)15(12-4-2-3-5-13(12)17)18-8-6-14-11(10-18)7-9-21-14;8-6-4-2-1-3-5(6)7(9)10/h2-5,7,9,15H,6,8,10H2,1H3;1-4,8H,(H,9,10). The molecule has 0 amide bonds. The smallest absolute Gasteiger partial charge is 0.339 e. The van der Waals surface area contributed by atoms with Gasteiger partial charge in [0, 0.05) is 23.0 Å². The summed E-state index contributed by atoms with van der Waals surface area (Å²) < 4.78 is 5.01. The zero-order chi connectivity index (χ0) is 22.4. The van der Waals surface area contributed by atoms with Gasteiger partial charge in [0.05, 0.1) is 7.11 Å². The topological polar surface area (TPSA) is 87.1 Å². The second-order valence-electron chi connectivity index (χ2n) is 6.86. The number of aromatic hydroxyl groups is 1. The van der Waals surface area contributed by atoms with Gasteiger partial charge in [-0.2, -0.15) is 0 Å². The summed E-state index contributed by atoms with van der Waals surface area (Å²) in [4.78, 5) is 26.1. The minimum atomic E-state index is -1.11. The average molecular weight is 460 g/mol. The van der Waals surface area contributed by atoms with Crippen LogP contribution in [-0.4, -0.2) is 40.7 Å². The lowest BCUT2D eigenvalue weighted by atomic mass is 10.0. The van der Waals surface area contributed by atoms with E-state index in [-0.39, 0.29) is 17.3 Å². The predicted molar refractivity (Wildman–Crippen MR) is 120 cm³/mol. The summed E-state index contributed by atoms with van der Waals surface area (Å²) >= 11 is 8.07. The van der Waals surface area contributed by atoms with Crippen molar-refractivity contribution in [3.63, 3.8) is 0 Å². The number of para-hydroxylation sites is 1. The van der Waals surface area contributed by atoms with E-state index in [1.807, 2.05) is 24.3 Å². The van der Waals surface area contributed by atoms with Gasteiger partial charge in [0.1, 0.15) is 17.4 Å². The van der Waals surface area contributed by atoms with Gasteiger partial charge in [0.2, 0.25) is 0 Å². The summed E-state index contributed by atoms with van der Waals surface area (Å²) in [5, 5.41) is 20.0. The molecule has 0 radical (unpaired) electrons. The number of carboxylic acid groups (broad SMARTS) is 1. The maximum atomic E-state index is 12.3. The SMILES string of the molecule is COC(=O)C(c1ccccc1Cl)N1CCc2sccc2C1.O=C(O)c1ccccc1O. The van der Waals surface area contributed by atoms with Crippen LogP contribution in [0.4, 0.5) is 0 Å². The summed E-state index contributed by atoms with van der Waals surface area (Å²) in [6, 6.07) is 15.0. The van der Waals surface area contributed by atoms with Crippen molar-refractivity contribution in [2.45, 2.75) is 19.0 Å². The number of hydrogen-bond acceptors (Lipinski definition) is 6. The van der Waals surface area contributed by atoms with Crippen LogP contribution in [0.5, 0.6) is 5.75 Å². The van der Waals surface area contributed by atoms with E-state index in [1.54, 1.807) is 23.5 Å². The Bertz CT molecular complexity index is 1070. The normalized spacial score (nSPS) is 14.0. The lowest BCUT2D eigenvalue weighted by molar-refractivity contribution is -0.147. The molecule has 0 saturated heterocycles. The van der Waals surface area contributed by atoms with Crippen LogP contribution >= 0.6 is 22.9 Å². The molecule has 1 unspecified atom stereocenters. The highest BCUT2D eigenvalue weighted by Crippen LogP contribution is 2.33. The van der Waals surface area contributed by atoms with Gasteiger partial charge in [-0.05, 0) is 47.2 Å². The molecule has 1 aliphatic heterocycles. The minimum absolute atomic E-state index is 0.0671. The molecule has 3 aromatic rings. The highest BCUT2D eigenvalue weighted by atomic mass is 35.5. The number of ether oxygens (including phenoxy) is 1. The van der Waals surface area contributed by atoms with Crippen molar-refractivity contribution >= 4 is 34.9 Å². The second-order valence-corrected chi connectivity index (χ2v) is 8.27. The quantitative estimate of drug-likeness (QED) is 0.547. The number of phenols is 1. The third-order valence-corrected chi connectivity index (χ3v) is 6.33. The van der Waals surface area contributed by atoms with Crippen molar-refractivity contribution in [3.8, 4) is 5.75 Å². The van der Waals surface area contributed by atoms with Gasteiger partial charge in [-0.1, -0.05) is 41.9 Å². The van der Waals surface area contributed by atoms with Gasteiger partial charge in [-0.3, -0.25) is 4.90 Å². The first-order chi connectivity index (χ1) is 14.9. The summed E-state index contributed by atoms with van der Waals surface area (Å²) in [5.41, 5.74) is 2.04. The van der Waals surface area contributed by atoms with Gasteiger partial charge >= 0.3 is 11.9 Å². The van der Waals surface area contributed by atoms with Crippen LogP contribution < -0.4 is 0 Å². The number of carbonyl (C=O) groups is 2. The van der Waals surface area contributed by atoms with Gasteiger partial charge < -0.3 is 14.9 Å².